The van der Waals surface area contributed by atoms with E-state index in [-0.39, 0.29) is 54.7 Å². The fourth-order valence-electron chi connectivity index (χ4n) is 4.54. The number of hydrogen-bond acceptors (Lipinski definition) is 6. The summed E-state index contributed by atoms with van der Waals surface area (Å²) in [6.45, 7) is 2.20. The van der Waals surface area contributed by atoms with Crippen molar-refractivity contribution in [3.8, 4) is 0 Å². The number of hydrogen-bond donors (Lipinski definition) is 1. The maximum atomic E-state index is 13.2. The lowest BCUT2D eigenvalue weighted by molar-refractivity contribution is -0.138. The van der Waals surface area contributed by atoms with Crippen molar-refractivity contribution in [2.45, 2.75) is 23.8 Å². The summed E-state index contributed by atoms with van der Waals surface area (Å²) < 4.78 is 28.7. The number of carbonyl (C=O) groups excluding carboxylic acids is 1. The first-order valence-electron chi connectivity index (χ1n) is 11.3. The Labute approximate surface area is 232 Å². The monoisotopic (exact) mass is 615 g/mol. The molecule has 0 aliphatic carbocycles. The van der Waals surface area contributed by atoms with Crippen molar-refractivity contribution in [2.75, 3.05) is 37.6 Å². The van der Waals surface area contributed by atoms with Crippen LogP contribution < -0.4 is 10.3 Å². The summed E-state index contributed by atoms with van der Waals surface area (Å²) in [6, 6.07) is 15.0. The van der Waals surface area contributed by atoms with Gasteiger partial charge in [-0.1, -0.05) is 28.1 Å². The molecule has 12 heteroatoms. The lowest BCUT2D eigenvalue weighted by Crippen LogP contribution is -2.60. The van der Waals surface area contributed by atoms with Gasteiger partial charge >= 0.3 is 0 Å². The number of nitrogens with zero attached hydrogens (tertiary/aromatic N) is 4. The van der Waals surface area contributed by atoms with Gasteiger partial charge in [-0.2, -0.15) is 4.31 Å². The zero-order chi connectivity index (χ0) is 23.7. The smallest absolute Gasteiger partial charge is 0.252 e. The third-order valence-electron chi connectivity index (χ3n) is 6.46. The van der Waals surface area contributed by atoms with Crippen molar-refractivity contribution in [1.29, 1.82) is 0 Å². The molecule has 0 bridgehead atoms. The molecule has 1 amide bonds. The minimum atomic E-state index is -3.76. The summed E-state index contributed by atoms with van der Waals surface area (Å²) in [5.41, 5.74) is 4.50. The number of fused-ring (bicyclic) bond motifs is 1. The molecular formula is C24H28BrCl2N5O3S. The Kier molecular flexibility index (Phi) is 9.59. The van der Waals surface area contributed by atoms with Crippen LogP contribution in [0.1, 0.15) is 12.8 Å². The number of hydrazine groups is 1. The molecule has 2 fully saturated rings. The Hall–Kier alpha value is -1.95. The van der Waals surface area contributed by atoms with E-state index < -0.39 is 10.0 Å². The SMILES string of the molecule is Cl.Cl.O=C1CN(S(=O)(=O)c2ccc3cc(Br)ccc3c2)CCN1NC1CCN(c2ccncc2)CC1. The number of aromatic nitrogens is 1. The zero-order valence-electron chi connectivity index (χ0n) is 19.4. The summed E-state index contributed by atoms with van der Waals surface area (Å²) in [4.78, 5) is 19.4. The maximum Gasteiger partial charge on any atom is 0.252 e. The molecule has 36 heavy (non-hydrogen) atoms. The number of nitrogens with one attached hydrogen (secondary N) is 1. The van der Waals surface area contributed by atoms with Crippen LogP contribution in [0.4, 0.5) is 5.69 Å². The van der Waals surface area contributed by atoms with Gasteiger partial charge < -0.3 is 4.90 Å². The predicted octanol–water partition coefficient (Wildman–Crippen LogP) is 3.85. The Balaban J connectivity index is 0.00000180. The first-order chi connectivity index (χ1) is 16.4. The van der Waals surface area contributed by atoms with Crippen LogP contribution in [0, 0.1) is 0 Å². The number of halogens is 3. The fraction of sp³-hybridized carbons (Fsp3) is 0.333. The molecule has 5 rings (SSSR count). The van der Waals surface area contributed by atoms with Crippen molar-refractivity contribution in [3.63, 3.8) is 0 Å². The van der Waals surface area contributed by atoms with Gasteiger partial charge in [0, 0.05) is 48.2 Å². The zero-order valence-corrected chi connectivity index (χ0v) is 23.5. The molecule has 194 valence electrons. The van der Waals surface area contributed by atoms with E-state index in [0.717, 1.165) is 46.9 Å². The van der Waals surface area contributed by atoms with Crippen LogP contribution in [-0.4, -0.2) is 67.4 Å². The molecular weight excluding hydrogens is 589 g/mol. The predicted molar refractivity (Wildman–Crippen MR) is 149 cm³/mol. The molecule has 2 aliphatic heterocycles. The molecule has 1 aromatic heterocycles. The summed E-state index contributed by atoms with van der Waals surface area (Å²) in [5, 5.41) is 3.39. The lowest BCUT2D eigenvalue weighted by atomic mass is 10.1. The van der Waals surface area contributed by atoms with E-state index in [2.05, 4.69) is 31.2 Å². The second kappa shape index (κ2) is 12.1. The van der Waals surface area contributed by atoms with Gasteiger partial charge in [0.25, 0.3) is 5.91 Å². The average molecular weight is 617 g/mol. The highest BCUT2D eigenvalue weighted by Gasteiger charge is 2.34. The first-order valence-corrected chi connectivity index (χ1v) is 13.5. The Morgan fingerprint density at radius 2 is 1.56 bits per heavy atom. The second-order valence-corrected chi connectivity index (χ2v) is 11.5. The highest BCUT2D eigenvalue weighted by molar-refractivity contribution is 9.10. The van der Waals surface area contributed by atoms with Crippen LogP contribution in [0.3, 0.4) is 0 Å². The topological polar surface area (TPSA) is 85.8 Å². The third-order valence-corrected chi connectivity index (χ3v) is 8.79. The van der Waals surface area contributed by atoms with Gasteiger partial charge in [-0.25, -0.2) is 13.8 Å². The number of sulfonamides is 1. The summed E-state index contributed by atoms with van der Waals surface area (Å²) in [6.07, 6.45) is 5.40. The normalized spacial score (nSPS) is 17.5. The van der Waals surface area contributed by atoms with Crippen LogP contribution in [0.15, 0.2) is 70.3 Å². The Bertz CT molecular complexity index is 1310. The van der Waals surface area contributed by atoms with E-state index in [1.807, 2.05) is 30.3 Å². The molecule has 1 N–H and O–H groups in total. The number of carbonyl (C=O) groups is 1. The van der Waals surface area contributed by atoms with Gasteiger partial charge in [0.2, 0.25) is 10.0 Å². The van der Waals surface area contributed by atoms with Crippen molar-refractivity contribution in [2.24, 2.45) is 0 Å². The number of benzene rings is 2. The highest BCUT2D eigenvalue weighted by atomic mass is 79.9. The maximum absolute atomic E-state index is 13.2. The molecule has 3 heterocycles. The summed E-state index contributed by atoms with van der Waals surface area (Å²) in [7, 11) is -3.76. The molecule has 0 unspecified atom stereocenters. The minimum Gasteiger partial charge on any atom is -0.371 e. The standard InChI is InChI=1S/C24H26BrN5O3S.2ClH/c25-20-3-1-19-16-23(4-2-18(19)15-20)34(32,33)29-13-14-30(24(31)17-29)27-21-7-11-28(12-8-21)22-5-9-26-10-6-22;;/h1-6,9-10,15-16,21,27H,7-8,11-14,17H2;2*1H. The molecule has 8 nitrogen and oxygen atoms in total. The van der Waals surface area contributed by atoms with Crippen molar-refractivity contribution in [1.82, 2.24) is 19.7 Å². The molecule has 2 saturated heterocycles. The number of pyridine rings is 1. The number of anilines is 1. The van der Waals surface area contributed by atoms with Crippen LogP contribution in [-0.2, 0) is 14.8 Å². The largest absolute Gasteiger partial charge is 0.371 e. The van der Waals surface area contributed by atoms with Crippen LogP contribution in [0.5, 0.6) is 0 Å². The van der Waals surface area contributed by atoms with E-state index in [1.54, 1.807) is 35.6 Å². The van der Waals surface area contributed by atoms with Gasteiger partial charge in [-0.15, -0.1) is 24.8 Å². The van der Waals surface area contributed by atoms with Crippen LogP contribution in [0.2, 0.25) is 0 Å². The highest BCUT2D eigenvalue weighted by Crippen LogP contribution is 2.26. The van der Waals surface area contributed by atoms with E-state index in [9.17, 15) is 13.2 Å². The summed E-state index contributed by atoms with van der Waals surface area (Å²) in [5.74, 6) is -0.226. The summed E-state index contributed by atoms with van der Waals surface area (Å²) >= 11 is 3.43. The van der Waals surface area contributed by atoms with Gasteiger partial charge in [0.15, 0.2) is 0 Å². The van der Waals surface area contributed by atoms with E-state index in [0.29, 0.717) is 6.54 Å². The van der Waals surface area contributed by atoms with E-state index in [1.165, 1.54) is 4.31 Å². The van der Waals surface area contributed by atoms with Gasteiger partial charge in [-0.3, -0.25) is 14.8 Å². The Morgan fingerprint density at radius 3 is 2.25 bits per heavy atom. The van der Waals surface area contributed by atoms with E-state index >= 15 is 0 Å². The number of rotatable bonds is 5. The molecule has 2 aromatic carbocycles. The average Bonchev–Trinajstić information content (AvgIpc) is 2.86. The van der Waals surface area contributed by atoms with Crippen molar-refractivity contribution >= 4 is 73.1 Å². The van der Waals surface area contributed by atoms with Crippen LogP contribution >= 0.6 is 40.7 Å². The molecule has 0 saturated carbocycles. The second-order valence-electron chi connectivity index (χ2n) is 8.63. The molecule has 0 spiro atoms. The van der Waals surface area contributed by atoms with Gasteiger partial charge in [-0.05, 0) is 60.0 Å². The van der Waals surface area contributed by atoms with Crippen molar-refractivity contribution in [3.05, 3.63) is 65.4 Å². The van der Waals surface area contributed by atoms with Crippen LogP contribution in [0.25, 0.3) is 10.8 Å². The van der Waals surface area contributed by atoms with Crippen molar-refractivity contribution < 1.29 is 13.2 Å². The number of piperidine rings is 1. The number of piperazine rings is 1. The first kappa shape index (κ1) is 28.6. The molecule has 0 atom stereocenters. The van der Waals surface area contributed by atoms with E-state index in [4.69, 9.17) is 0 Å². The minimum absolute atomic E-state index is 0. The third kappa shape index (κ3) is 6.12. The lowest BCUT2D eigenvalue weighted by Gasteiger charge is -2.39. The Morgan fingerprint density at radius 1 is 0.889 bits per heavy atom. The van der Waals surface area contributed by atoms with Gasteiger partial charge in [0.05, 0.1) is 18.0 Å². The fourth-order valence-corrected chi connectivity index (χ4v) is 6.33. The molecule has 2 aliphatic rings. The molecule has 0 radical (unpaired) electrons. The number of amides is 1. The molecule has 3 aromatic rings. The van der Waals surface area contributed by atoms with Gasteiger partial charge in [0.1, 0.15) is 0 Å². The quantitative estimate of drug-likeness (QED) is 0.469.